The van der Waals surface area contributed by atoms with E-state index >= 15 is 0 Å². The second-order valence-electron chi connectivity index (χ2n) is 7.84. The van der Waals surface area contributed by atoms with Gasteiger partial charge in [-0.25, -0.2) is 4.98 Å². The van der Waals surface area contributed by atoms with Crippen molar-refractivity contribution in [2.45, 2.75) is 30.0 Å². The van der Waals surface area contributed by atoms with Gasteiger partial charge in [0.2, 0.25) is 17.7 Å². The number of anilines is 2. The van der Waals surface area contributed by atoms with Crippen LogP contribution in [0.1, 0.15) is 25.7 Å². The molecule has 1 aliphatic heterocycles. The van der Waals surface area contributed by atoms with Crippen LogP contribution in [0.2, 0.25) is 0 Å². The zero-order valence-corrected chi connectivity index (χ0v) is 18.4. The van der Waals surface area contributed by atoms with E-state index in [0.29, 0.717) is 5.69 Å². The molecule has 2 fully saturated rings. The summed E-state index contributed by atoms with van der Waals surface area (Å²) in [6.45, 7) is 0. The molecule has 2 aliphatic rings. The van der Waals surface area contributed by atoms with Crippen LogP contribution in [0.4, 0.5) is 11.4 Å². The third-order valence-corrected chi connectivity index (χ3v) is 8.00. The van der Waals surface area contributed by atoms with Crippen LogP contribution in [0.15, 0.2) is 52.9 Å². The summed E-state index contributed by atoms with van der Waals surface area (Å²) in [6.07, 6.45) is 3.64. The number of nitrogens with one attached hydrogen (secondary N) is 1. The van der Waals surface area contributed by atoms with Gasteiger partial charge in [0.15, 0.2) is 4.34 Å². The Balaban J connectivity index is 1.29. The molecule has 1 saturated carbocycles. The van der Waals surface area contributed by atoms with E-state index in [1.54, 1.807) is 6.07 Å². The Hall–Kier alpha value is -2.71. The van der Waals surface area contributed by atoms with Gasteiger partial charge in [0.25, 0.3) is 0 Å². The van der Waals surface area contributed by atoms with Crippen LogP contribution in [0.5, 0.6) is 0 Å². The summed E-state index contributed by atoms with van der Waals surface area (Å²) < 4.78 is 1.68. The zero-order chi connectivity index (χ0) is 21.4. The molecule has 1 saturated heterocycles. The lowest BCUT2D eigenvalue weighted by Gasteiger charge is -2.19. The second-order valence-corrected chi connectivity index (χ2v) is 10.1. The molecule has 3 amide bonds. The number of para-hydroxylation sites is 1. The van der Waals surface area contributed by atoms with Crippen LogP contribution in [-0.4, -0.2) is 28.5 Å². The van der Waals surface area contributed by atoms with E-state index < -0.39 is 0 Å². The number of fused-ring (bicyclic) bond motifs is 2. The highest BCUT2D eigenvalue weighted by Crippen LogP contribution is 2.41. The van der Waals surface area contributed by atoms with Crippen molar-refractivity contribution in [2.75, 3.05) is 16.0 Å². The molecule has 0 unspecified atom stereocenters. The van der Waals surface area contributed by atoms with E-state index in [1.165, 1.54) is 28.0 Å². The van der Waals surface area contributed by atoms with Gasteiger partial charge in [0.05, 0.1) is 33.5 Å². The number of thiazole rings is 1. The lowest BCUT2D eigenvalue weighted by Crippen LogP contribution is -2.30. The number of thioether (sulfide) groups is 1. The molecule has 5 rings (SSSR count). The standard InChI is InChI=1S/C23H21N3O3S2/c27-20(24-14-6-2-1-3-7-14)13-30-23-25-18-11-10-15(12-19(18)31-23)26-21(28)16-8-4-5-9-17(16)22(26)29/h1-3,6-7,10-12,16-17H,4-5,8-9,13H2,(H,24,27)/t16-,17+. The van der Waals surface area contributed by atoms with Gasteiger partial charge in [-0.1, -0.05) is 42.8 Å². The average Bonchev–Trinajstić information content (AvgIpc) is 3.31. The molecule has 1 aliphatic carbocycles. The second kappa shape index (κ2) is 8.43. The van der Waals surface area contributed by atoms with Gasteiger partial charge in [-0.15, -0.1) is 11.3 Å². The van der Waals surface area contributed by atoms with Crippen molar-refractivity contribution in [3.63, 3.8) is 0 Å². The zero-order valence-electron chi connectivity index (χ0n) is 16.7. The smallest absolute Gasteiger partial charge is 0.237 e. The van der Waals surface area contributed by atoms with E-state index in [4.69, 9.17) is 0 Å². The summed E-state index contributed by atoms with van der Waals surface area (Å²) in [6, 6.07) is 14.9. The predicted octanol–water partition coefficient (Wildman–Crippen LogP) is 4.71. The Morgan fingerprint density at radius 2 is 1.77 bits per heavy atom. The Labute approximate surface area is 188 Å². The van der Waals surface area contributed by atoms with Gasteiger partial charge in [-0.05, 0) is 43.2 Å². The first-order valence-electron chi connectivity index (χ1n) is 10.4. The Morgan fingerprint density at radius 3 is 2.48 bits per heavy atom. The fourth-order valence-electron chi connectivity index (χ4n) is 4.36. The predicted molar refractivity (Wildman–Crippen MR) is 123 cm³/mol. The highest BCUT2D eigenvalue weighted by molar-refractivity contribution is 8.01. The molecular weight excluding hydrogens is 430 g/mol. The number of aromatic nitrogens is 1. The number of nitrogens with zero attached hydrogens (tertiary/aromatic N) is 2. The fraction of sp³-hybridized carbons (Fsp3) is 0.304. The maximum absolute atomic E-state index is 12.9. The molecule has 2 heterocycles. The van der Waals surface area contributed by atoms with Crippen molar-refractivity contribution < 1.29 is 14.4 Å². The van der Waals surface area contributed by atoms with Crippen LogP contribution in [-0.2, 0) is 14.4 Å². The minimum atomic E-state index is -0.160. The van der Waals surface area contributed by atoms with E-state index in [1.807, 2.05) is 42.5 Å². The molecule has 31 heavy (non-hydrogen) atoms. The van der Waals surface area contributed by atoms with Gasteiger partial charge >= 0.3 is 0 Å². The molecule has 0 radical (unpaired) electrons. The lowest BCUT2D eigenvalue weighted by atomic mass is 9.81. The molecule has 158 valence electrons. The van der Waals surface area contributed by atoms with Crippen LogP contribution in [0.25, 0.3) is 10.2 Å². The summed E-state index contributed by atoms with van der Waals surface area (Å²) in [7, 11) is 0. The van der Waals surface area contributed by atoms with E-state index in [2.05, 4.69) is 10.3 Å². The quantitative estimate of drug-likeness (QED) is 0.449. The first-order chi connectivity index (χ1) is 15.1. The third-order valence-electron chi connectivity index (χ3n) is 5.84. The molecule has 8 heteroatoms. The molecule has 0 spiro atoms. The minimum Gasteiger partial charge on any atom is -0.325 e. The van der Waals surface area contributed by atoms with Gasteiger partial charge in [-0.3, -0.25) is 19.3 Å². The molecule has 3 aromatic rings. The van der Waals surface area contributed by atoms with Crippen LogP contribution in [0.3, 0.4) is 0 Å². The SMILES string of the molecule is O=C(CSc1nc2ccc(N3C(=O)[C@H]4CCCC[C@H]4C3=O)cc2s1)Nc1ccccc1. The normalized spacial score (nSPS) is 20.8. The fourth-order valence-corrected chi connectivity index (χ4v) is 6.26. The molecule has 2 aromatic carbocycles. The van der Waals surface area contributed by atoms with Gasteiger partial charge in [0.1, 0.15) is 0 Å². The molecule has 2 atom stereocenters. The van der Waals surface area contributed by atoms with Crippen molar-refractivity contribution in [3.8, 4) is 0 Å². The first-order valence-corrected chi connectivity index (χ1v) is 12.2. The van der Waals surface area contributed by atoms with Crippen LogP contribution >= 0.6 is 23.1 Å². The van der Waals surface area contributed by atoms with Crippen molar-refractivity contribution in [2.24, 2.45) is 11.8 Å². The van der Waals surface area contributed by atoms with E-state index in [0.717, 1.165) is 45.9 Å². The minimum absolute atomic E-state index is 0.0641. The number of benzene rings is 2. The highest BCUT2D eigenvalue weighted by Gasteiger charge is 2.48. The van der Waals surface area contributed by atoms with Crippen molar-refractivity contribution in [3.05, 3.63) is 48.5 Å². The molecule has 1 aromatic heterocycles. The number of carbonyl (C=O) groups excluding carboxylic acids is 3. The largest absolute Gasteiger partial charge is 0.325 e. The topological polar surface area (TPSA) is 79.4 Å². The van der Waals surface area contributed by atoms with Crippen molar-refractivity contribution >= 4 is 62.4 Å². The summed E-state index contributed by atoms with van der Waals surface area (Å²) in [5.74, 6) is -0.280. The number of amides is 3. The first kappa shape index (κ1) is 20.2. The van der Waals surface area contributed by atoms with E-state index in [-0.39, 0.29) is 35.3 Å². The summed E-state index contributed by atoms with van der Waals surface area (Å²) in [5.41, 5.74) is 2.19. The summed E-state index contributed by atoms with van der Waals surface area (Å²) in [5, 5.41) is 2.86. The molecular formula is C23H21N3O3S2. The average molecular weight is 452 g/mol. The maximum Gasteiger partial charge on any atom is 0.237 e. The molecule has 6 nitrogen and oxygen atoms in total. The Bertz CT molecular complexity index is 1140. The van der Waals surface area contributed by atoms with Crippen molar-refractivity contribution in [1.82, 2.24) is 4.98 Å². The van der Waals surface area contributed by atoms with Gasteiger partial charge in [0, 0.05) is 5.69 Å². The highest BCUT2D eigenvalue weighted by atomic mass is 32.2. The maximum atomic E-state index is 12.9. The molecule has 1 N–H and O–H groups in total. The number of hydrogen-bond acceptors (Lipinski definition) is 6. The Morgan fingerprint density at radius 1 is 1.06 bits per heavy atom. The lowest BCUT2D eigenvalue weighted by molar-refractivity contribution is -0.122. The van der Waals surface area contributed by atoms with Crippen molar-refractivity contribution in [1.29, 1.82) is 0 Å². The summed E-state index contributed by atoms with van der Waals surface area (Å²) in [4.78, 5) is 43.9. The van der Waals surface area contributed by atoms with Gasteiger partial charge < -0.3 is 5.32 Å². The van der Waals surface area contributed by atoms with Crippen LogP contribution in [0, 0.1) is 11.8 Å². The Kier molecular flexibility index (Phi) is 5.50. The number of hydrogen-bond donors (Lipinski definition) is 1. The van der Waals surface area contributed by atoms with E-state index in [9.17, 15) is 14.4 Å². The number of carbonyl (C=O) groups is 3. The van der Waals surface area contributed by atoms with Gasteiger partial charge in [-0.2, -0.15) is 0 Å². The van der Waals surface area contributed by atoms with Crippen LogP contribution < -0.4 is 10.2 Å². The molecule has 0 bridgehead atoms. The monoisotopic (exact) mass is 451 g/mol. The third kappa shape index (κ3) is 3.97. The number of rotatable bonds is 5. The summed E-state index contributed by atoms with van der Waals surface area (Å²) >= 11 is 2.85. The number of imide groups is 1.